The van der Waals surface area contributed by atoms with Crippen LogP contribution in [0.25, 0.3) is 0 Å². The van der Waals surface area contributed by atoms with Crippen LogP contribution < -0.4 is 10.2 Å². The molecule has 1 aromatic carbocycles. The van der Waals surface area contributed by atoms with Crippen molar-refractivity contribution in [1.29, 1.82) is 0 Å². The molecule has 5 heteroatoms. The van der Waals surface area contributed by atoms with Gasteiger partial charge >= 0.3 is 0 Å². The Hall–Kier alpha value is -1.75. The lowest BCUT2D eigenvalue weighted by Gasteiger charge is -2.37. The smallest absolute Gasteiger partial charge is 0.194 e. The van der Waals surface area contributed by atoms with E-state index in [-0.39, 0.29) is 0 Å². The normalized spacial score (nSPS) is 15.9. The van der Waals surface area contributed by atoms with Gasteiger partial charge in [0, 0.05) is 51.6 Å². The number of para-hydroxylation sites is 1. The number of hydrogen-bond donors (Lipinski definition) is 1. The molecule has 24 heavy (non-hydrogen) atoms. The molecular weight excluding hydrogens is 300 g/mol. The van der Waals surface area contributed by atoms with E-state index in [0.717, 1.165) is 58.3 Å². The highest BCUT2D eigenvalue weighted by Crippen LogP contribution is 2.15. The van der Waals surface area contributed by atoms with Gasteiger partial charge in [0.25, 0.3) is 0 Å². The van der Waals surface area contributed by atoms with Gasteiger partial charge in [-0.2, -0.15) is 0 Å². The molecule has 1 aliphatic heterocycles. The zero-order chi connectivity index (χ0) is 17.2. The van der Waals surface area contributed by atoms with E-state index in [1.165, 1.54) is 5.69 Å². The van der Waals surface area contributed by atoms with E-state index in [1.54, 1.807) is 0 Å². The first-order chi connectivity index (χ1) is 11.7. The third-order valence-corrected chi connectivity index (χ3v) is 4.05. The fourth-order valence-corrected chi connectivity index (χ4v) is 2.81. The summed E-state index contributed by atoms with van der Waals surface area (Å²) in [5.41, 5.74) is 1.31. The first-order valence-corrected chi connectivity index (χ1v) is 9.15. The van der Waals surface area contributed by atoms with Crippen molar-refractivity contribution in [2.45, 2.75) is 33.3 Å². The van der Waals surface area contributed by atoms with E-state index >= 15 is 0 Å². The number of nitrogens with one attached hydrogen (secondary N) is 1. The number of anilines is 1. The highest BCUT2D eigenvalue weighted by molar-refractivity contribution is 5.80. The minimum Gasteiger partial charge on any atom is -0.379 e. The number of rotatable bonds is 7. The second-order valence-electron chi connectivity index (χ2n) is 6.32. The molecule has 1 fully saturated rings. The van der Waals surface area contributed by atoms with Gasteiger partial charge in [-0.15, -0.1) is 0 Å². The van der Waals surface area contributed by atoms with E-state index in [0.29, 0.717) is 6.10 Å². The van der Waals surface area contributed by atoms with Crippen molar-refractivity contribution in [3.8, 4) is 0 Å². The molecule has 1 aromatic rings. The van der Waals surface area contributed by atoms with Gasteiger partial charge < -0.3 is 19.9 Å². The van der Waals surface area contributed by atoms with Crippen LogP contribution in [0, 0.1) is 0 Å². The van der Waals surface area contributed by atoms with Crippen LogP contribution in [-0.2, 0) is 4.74 Å². The Morgan fingerprint density at radius 3 is 2.50 bits per heavy atom. The van der Waals surface area contributed by atoms with E-state index < -0.39 is 0 Å². The highest BCUT2D eigenvalue weighted by atomic mass is 16.5. The van der Waals surface area contributed by atoms with Crippen molar-refractivity contribution in [3.63, 3.8) is 0 Å². The standard InChI is InChI=1S/C19H32N4O/c1-4-20-19(21-11-8-16-24-17(2)3)23-14-12-22(13-15-23)18-9-6-5-7-10-18/h5-7,9-10,17H,4,8,11-16H2,1-3H3,(H,20,21). The number of piperazine rings is 1. The molecule has 5 nitrogen and oxygen atoms in total. The molecule has 0 radical (unpaired) electrons. The lowest BCUT2D eigenvalue weighted by molar-refractivity contribution is 0.0782. The zero-order valence-corrected chi connectivity index (χ0v) is 15.4. The summed E-state index contributed by atoms with van der Waals surface area (Å²) in [5, 5.41) is 3.42. The van der Waals surface area contributed by atoms with Crippen LogP contribution in [0.4, 0.5) is 5.69 Å². The van der Waals surface area contributed by atoms with Gasteiger partial charge in [-0.05, 0) is 39.3 Å². The molecule has 0 bridgehead atoms. The summed E-state index contributed by atoms with van der Waals surface area (Å²) < 4.78 is 5.58. The van der Waals surface area contributed by atoms with Crippen molar-refractivity contribution in [1.82, 2.24) is 10.2 Å². The minimum absolute atomic E-state index is 0.299. The molecule has 2 rings (SSSR count). The molecule has 1 N–H and O–H groups in total. The average molecular weight is 332 g/mol. The van der Waals surface area contributed by atoms with E-state index in [4.69, 9.17) is 9.73 Å². The summed E-state index contributed by atoms with van der Waals surface area (Å²) >= 11 is 0. The van der Waals surface area contributed by atoms with Crippen molar-refractivity contribution >= 4 is 11.6 Å². The summed E-state index contributed by atoms with van der Waals surface area (Å²) in [6.07, 6.45) is 1.27. The van der Waals surface area contributed by atoms with Gasteiger partial charge in [0.2, 0.25) is 0 Å². The third kappa shape index (κ3) is 6.04. The largest absolute Gasteiger partial charge is 0.379 e. The Bertz CT molecular complexity index is 481. The Balaban J connectivity index is 1.81. The summed E-state index contributed by atoms with van der Waals surface area (Å²) in [4.78, 5) is 9.57. The lowest BCUT2D eigenvalue weighted by atomic mass is 10.2. The third-order valence-electron chi connectivity index (χ3n) is 4.05. The SMILES string of the molecule is CCNC(=NCCCOC(C)C)N1CCN(c2ccccc2)CC1. The summed E-state index contributed by atoms with van der Waals surface area (Å²) in [5.74, 6) is 1.04. The number of ether oxygens (including phenoxy) is 1. The van der Waals surface area contributed by atoms with Crippen molar-refractivity contribution in [3.05, 3.63) is 30.3 Å². The van der Waals surface area contributed by atoms with Crippen molar-refractivity contribution in [2.24, 2.45) is 4.99 Å². The van der Waals surface area contributed by atoms with Gasteiger partial charge in [0.1, 0.15) is 0 Å². The molecule has 1 saturated heterocycles. The molecule has 0 saturated carbocycles. The molecule has 0 spiro atoms. The number of hydrogen-bond acceptors (Lipinski definition) is 3. The summed E-state index contributed by atoms with van der Waals surface area (Å²) in [6.45, 7) is 12.8. The average Bonchev–Trinajstić information content (AvgIpc) is 2.61. The second kappa shape index (κ2) is 10.2. The fraction of sp³-hybridized carbons (Fsp3) is 0.632. The van der Waals surface area contributed by atoms with E-state index in [2.05, 4.69) is 66.2 Å². The summed E-state index contributed by atoms with van der Waals surface area (Å²) in [7, 11) is 0. The second-order valence-corrected chi connectivity index (χ2v) is 6.32. The molecule has 1 aliphatic rings. The first kappa shape index (κ1) is 18.6. The summed E-state index contributed by atoms with van der Waals surface area (Å²) in [6, 6.07) is 10.6. The monoisotopic (exact) mass is 332 g/mol. The molecule has 0 amide bonds. The van der Waals surface area contributed by atoms with E-state index in [9.17, 15) is 0 Å². The lowest BCUT2D eigenvalue weighted by Crippen LogP contribution is -2.52. The molecule has 0 unspecified atom stereocenters. The molecule has 0 aliphatic carbocycles. The van der Waals surface area contributed by atoms with Gasteiger partial charge in [0.05, 0.1) is 6.10 Å². The predicted molar refractivity (Wildman–Crippen MR) is 102 cm³/mol. The topological polar surface area (TPSA) is 40.1 Å². The molecule has 134 valence electrons. The first-order valence-electron chi connectivity index (χ1n) is 9.15. The number of aliphatic imine (C=N–C) groups is 1. The number of benzene rings is 1. The minimum atomic E-state index is 0.299. The van der Waals surface area contributed by atoms with Crippen LogP contribution in [-0.4, -0.2) is 62.8 Å². The van der Waals surface area contributed by atoms with Crippen LogP contribution in [0.2, 0.25) is 0 Å². The van der Waals surface area contributed by atoms with Crippen molar-refractivity contribution in [2.75, 3.05) is 50.8 Å². The number of guanidine groups is 1. The molecule has 0 aromatic heterocycles. The maximum absolute atomic E-state index is 5.58. The quantitative estimate of drug-likeness (QED) is 0.473. The molecule has 1 heterocycles. The van der Waals surface area contributed by atoms with E-state index in [1.807, 2.05) is 0 Å². The van der Waals surface area contributed by atoms with Crippen LogP contribution in [0.5, 0.6) is 0 Å². The Morgan fingerprint density at radius 2 is 1.88 bits per heavy atom. The van der Waals surface area contributed by atoms with Crippen LogP contribution in [0.15, 0.2) is 35.3 Å². The van der Waals surface area contributed by atoms with Crippen LogP contribution in [0.3, 0.4) is 0 Å². The van der Waals surface area contributed by atoms with Crippen LogP contribution in [0.1, 0.15) is 27.2 Å². The number of nitrogens with zero attached hydrogens (tertiary/aromatic N) is 3. The van der Waals surface area contributed by atoms with Gasteiger partial charge in [0.15, 0.2) is 5.96 Å². The molecular formula is C19H32N4O. The maximum Gasteiger partial charge on any atom is 0.194 e. The fourth-order valence-electron chi connectivity index (χ4n) is 2.81. The Morgan fingerprint density at radius 1 is 1.17 bits per heavy atom. The molecule has 0 atom stereocenters. The predicted octanol–water partition coefficient (Wildman–Crippen LogP) is 2.59. The Kier molecular flexibility index (Phi) is 7.89. The van der Waals surface area contributed by atoms with Gasteiger partial charge in [-0.25, -0.2) is 0 Å². The zero-order valence-electron chi connectivity index (χ0n) is 15.4. The van der Waals surface area contributed by atoms with Crippen molar-refractivity contribution < 1.29 is 4.74 Å². The van der Waals surface area contributed by atoms with Gasteiger partial charge in [-0.3, -0.25) is 4.99 Å². The highest BCUT2D eigenvalue weighted by Gasteiger charge is 2.19. The maximum atomic E-state index is 5.58. The van der Waals surface area contributed by atoms with Crippen LogP contribution >= 0.6 is 0 Å². The Labute approximate surface area is 146 Å². The van der Waals surface area contributed by atoms with Gasteiger partial charge in [-0.1, -0.05) is 18.2 Å².